The van der Waals surface area contributed by atoms with Crippen LogP contribution in [0.25, 0.3) is 0 Å². The summed E-state index contributed by atoms with van der Waals surface area (Å²) >= 11 is 0. The molecule has 1 aromatic carbocycles. The van der Waals surface area contributed by atoms with Crippen molar-refractivity contribution in [2.45, 2.75) is 6.54 Å². The molecule has 0 amide bonds. The van der Waals surface area contributed by atoms with Crippen molar-refractivity contribution in [2.24, 2.45) is 0 Å². The lowest BCUT2D eigenvalue weighted by Crippen LogP contribution is -2.37. The van der Waals surface area contributed by atoms with E-state index in [0.29, 0.717) is 0 Å². The SMILES string of the molecule is COc1ccc(N)c(CN2CCS(=O)CC2)c1. The molecule has 0 bridgehead atoms. The third-order valence-electron chi connectivity index (χ3n) is 3.01. The maximum Gasteiger partial charge on any atom is 0.119 e. The highest BCUT2D eigenvalue weighted by Gasteiger charge is 2.16. The van der Waals surface area contributed by atoms with Gasteiger partial charge in [0.25, 0.3) is 0 Å². The van der Waals surface area contributed by atoms with E-state index in [4.69, 9.17) is 10.5 Å². The van der Waals surface area contributed by atoms with Gasteiger partial charge in [0, 0.05) is 47.6 Å². The second-order valence-electron chi connectivity index (χ2n) is 4.19. The lowest BCUT2D eigenvalue weighted by molar-refractivity contribution is 0.291. The van der Waals surface area contributed by atoms with Crippen LogP contribution in [0.1, 0.15) is 5.56 Å². The predicted molar refractivity (Wildman–Crippen MR) is 70.6 cm³/mol. The molecular formula is C12H18N2O2S. The van der Waals surface area contributed by atoms with Crippen molar-refractivity contribution in [1.82, 2.24) is 4.90 Å². The standard InChI is InChI=1S/C12H18N2O2S/c1-16-11-2-3-12(13)10(8-11)9-14-4-6-17(15)7-5-14/h2-3,8H,4-7,9,13H2,1H3. The van der Waals surface area contributed by atoms with Crippen LogP contribution in [0.4, 0.5) is 5.69 Å². The Morgan fingerprint density at radius 2 is 2.12 bits per heavy atom. The fourth-order valence-electron chi connectivity index (χ4n) is 1.92. The number of benzene rings is 1. The average Bonchev–Trinajstić information content (AvgIpc) is 2.35. The molecule has 94 valence electrons. The number of hydrogen-bond acceptors (Lipinski definition) is 4. The first-order chi connectivity index (χ1) is 8.19. The Morgan fingerprint density at radius 3 is 2.76 bits per heavy atom. The molecule has 4 nitrogen and oxygen atoms in total. The summed E-state index contributed by atoms with van der Waals surface area (Å²) in [6.45, 7) is 2.56. The van der Waals surface area contributed by atoms with Crippen molar-refractivity contribution in [3.8, 4) is 5.75 Å². The number of methoxy groups -OCH3 is 1. The van der Waals surface area contributed by atoms with E-state index in [1.807, 2.05) is 18.2 Å². The van der Waals surface area contributed by atoms with E-state index in [-0.39, 0.29) is 0 Å². The van der Waals surface area contributed by atoms with Gasteiger partial charge in [-0.05, 0) is 23.8 Å². The molecule has 2 N–H and O–H groups in total. The molecule has 0 radical (unpaired) electrons. The zero-order chi connectivity index (χ0) is 12.3. The molecule has 0 aliphatic carbocycles. The van der Waals surface area contributed by atoms with Gasteiger partial charge in [0.1, 0.15) is 5.75 Å². The quantitative estimate of drug-likeness (QED) is 0.812. The molecule has 1 saturated heterocycles. The number of nitrogens with two attached hydrogens (primary N) is 1. The van der Waals surface area contributed by atoms with Crippen LogP contribution in [0.3, 0.4) is 0 Å². The number of ether oxygens (including phenoxy) is 1. The molecule has 0 atom stereocenters. The van der Waals surface area contributed by atoms with Gasteiger partial charge < -0.3 is 10.5 Å². The second-order valence-corrected chi connectivity index (χ2v) is 5.89. The predicted octanol–water partition coefficient (Wildman–Crippen LogP) is 0.842. The number of nitrogen functional groups attached to an aromatic ring is 1. The third kappa shape index (κ3) is 3.20. The first kappa shape index (κ1) is 12.4. The molecule has 17 heavy (non-hydrogen) atoms. The normalized spacial score (nSPS) is 18.2. The summed E-state index contributed by atoms with van der Waals surface area (Å²) in [4.78, 5) is 2.28. The summed E-state index contributed by atoms with van der Waals surface area (Å²) in [5.41, 5.74) is 7.82. The Kier molecular flexibility index (Phi) is 4.02. The lowest BCUT2D eigenvalue weighted by Gasteiger charge is -2.26. The van der Waals surface area contributed by atoms with Gasteiger partial charge in [-0.1, -0.05) is 0 Å². The zero-order valence-corrected chi connectivity index (χ0v) is 10.8. The van der Waals surface area contributed by atoms with Crippen LogP contribution in [0.2, 0.25) is 0 Å². The van der Waals surface area contributed by atoms with Gasteiger partial charge in [-0.3, -0.25) is 9.11 Å². The molecule has 0 spiro atoms. The van der Waals surface area contributed by atoms with Gasteiger partial charge >= 0.3 is 0 Å². The summed E-state index contributed by atoms with van der Waals surface area (Å²) in [5, 5.41) is 0. The van der Waals surface area contributed by atoms with E-state index >= 15 is 0 Å². The van der Waals surface area contributed by atoms with Crippen LogP contribution in [-0.4, -0.2) is 40.8 Å². The topological polar surface area (TPSA) is 55.6 Å². The van der Waals surface area contributed by atoms with Crippen LogP contribution < -0.4 is 10.5 Å². The lowest BCUT2D eigenvalue weighted by atomic mass is 10.1. The minimum Gasteiger partial charge on any atom is -0.497 e. The Balaban J connectivity index is 2.04. The number of nitrogens with zero attached hydrogens (tertiary/aromatic N) is 1. The van der Waals surface area contributed by atoms with Gasteiger partial charge in [0.2, 0.25) is 0 Å². The number of rotatable bonds is 3. The van der Waals surface area contributed by atoms with Gasteiger partial charge in [-0.15, -0.1) is 0 Å². The Bertz CT molecular complexity index is 413. The average molecular weight is 254 g/mol. The largest absolute Gasteiger partial charge is 0.497 e. The maximum atomic E-state index is 11.3. The zero-order valence-electron chi connectivity index (χ0n) is 10.0. The fourth-order valence-corrected chi connectivity index (χ4v) is 3.05. The summed E-state index contributed by atoms with van der Waals surface area (Å²) in [6, 6.07) is 5.71. The van der Waals surface area contributed by atoms with E-state index in [9.17, 15) is 4.21 Å². The molecule has 1 aliphatic rings. The van der Waals surface area contributed by atoms with Crippen LogP contribution in [-0.2, 0) is 17.3 Å². The van der Waals surface area contributed by atoms with Crippen LogP contribution in [0, 0.1) is 0 Å². The first-order valence-corrected chi connectivity index (χ1v) is 7.17. The molecular weight excluding hydrogens is 236 g/mol. The molecule has 1 aliphatic heterocycles. The van der Waals surface area contributed by atoms with E-state index in [1.165, 1.54) is 0 Å². The van der Waals surface area contributed by atoms with Gasteiger partial charge in [0.15, 0.2) is 0 Å². The monoisotopic (exact) mass is 254 g/mol. The minimum absolute atomic E-state index is 0.628. The smallest absolute Gasteiger partial charge is 0.119 e. The molecule has 0 aromatic heterocycles. The summed E-state index contributed by atoms with van der Waals surface area (Å²) in [7, 11) is 1.02. The van der Waals surface area contributed by atoms with Crippen LogP contribution >= 0.6 is 0 Å². The maximum absolute atomic E-state index is 11.3. The Morgan fingerprint density at radius 1 is 1.41 bits per heavy atom. The molecule has 1 aromatic rings. The van der Waals surface area contributed by atoms with E-state index in [2.05, 4.69) is 4.90 Å². The van der Waals surface area contributed by atoms with Crippen LogP contribution in [0.5, 0.6) is 5.75 Å². The first-order valence-electron chi connectivity index (χ1n) is 5.69. The van der Waals surface area contributed by atoms with Crippen molar-refractivity contribution in [1.29, 1.82) is 0 Å². The fraction of sp³-hybridized carbons (Fsp3) is 0.500. The molecule has 1 heterocycles. The molecule has 0 unspecified atom stereocenters. The van der Waals surface area contributed by atoms with E-state index < -0.39 is 10.8 Å². The molecule has 0 saturated carbocycles. The second kappa shape index (κ2) is 5.51. The summed E-state index contributed by atoms with van der Waals surface area (Å²) in [5.74, 6) is 2.36. The molecule has 2 rings (SSSR count). The van der Waals surface area contributed by atoms with Gasteiger partial charge in [-0.2, -0.15) is 0 Å². The summed E-state index contributed by atoms with van der Waals surface area (Å²) < 4.78 is 16.5. The van der Waals surface area contributed by atoms with Crippen molar-refractivity contribution in [3.05, 3.63) is 23.8 Å². The third-order valence-corrected chi connectivity index (χ3v) is 4.29. The van der Waals surface area contributed by atoms with Crippen LogP contribution in [0.15, 0.2) is 18.2 Å². The van der Waals surface area contributed by atoms with Gasteiger partial charge in [0.05, 0.1) is 7.11 Å². The van der Waals surface area contributed by atoms with Crippen molar-refractivity contribution >= 4 is 16.5 Å². The van der Waals surface area contributed by atoms with Crippen molar-refractivity contribution < 1.29 is 8.95 Å². The highest BCUT2D eigenvalue weighted by molar-refractivity contribution is 7.85. The van der Waals surface area contributed by atoms with E-state index in [0.717, 1.165) is 48.1 Å². The van der Waals surface area contributed by atoms with Gasteiger partial charge in [-0.25, -0.2) is 0 Å². The minimum atomic E-state index is -0.628. The Hall–Kier alpha value is -1.07. The molecule has 5 heteroatoms. The van der Waals surface area contributed by atoms with E-state index in [1.54, 1.807) is 7.11 Å². The highest BCUT2D eigenvalue weighted by Crippen LogP contribution is 2.21. The summed E-state index contributed by atoms with van der Waals surface area (Å²) in [6.07, 6.45) is 0. The number of hydrogen-bond donors (Lipinski definition) is 1. The number of anilines is 1. The molecule has 1 fully saturated rings. The van der Waals surface area contributed by atoms with Crippen molar-refractivity contribution in [2.75, 3.05) is 37.4 Å². The van der Waals surface area contributed by atoms with Crippen molar-refractivity contribution in [3.63, 3.8) is 0 Å². The Labute approximate surface area is 104 Å². The highest BCUT2D eigenvalue weighted by atomic mass is 32.2.